The van der Waals surface area contributed by atoms with Crippen molar-refractivity contribution < 1.29 is 19.5 Å². The monoisotopic (exact) mass is 398 g/mol. The number of piperidine rings is 1. The van der Waals surface area contributed by atoms with Crippen LogP contribution in [0.2, 0.25) is 0 Å². The molecule has 29 heavy (non-hydrogen) atoms. The van der Waals surface area contributed by atoms with Gasteiger partial charge in [0.2, 0.25) is 11.7 Å². The molecule has 1 aromatic heterocycles. The molecule has 0 aliphatic carbocycles. The van der Waals surface area contributed by atoms with Gasteiger partial charge in [-0.1, -0.05) is 12.1 Å². The number of aryl methyl sites for hydroxylation is 1. The number of amides is 2. The summed E-state index contributed by atoms with van der Waals surface area (Å²) in [6, 6.07) is 7.01. The number of nitrogens with zero attached hydrogens (tertiary/aromatic N) is 6. The van der Waals surface area contributed by atoms with Crippen molar-refractivity contribution in [2.75, 3.05) is 20.1 Å². The van der Waals surface area contributed by atoms with Crippen LogP contribution in [-0.4, -0.2) is 78.6 Å². The van der Waals surface area contributed by atoms with Gasteiger partial charge in [-0.2, -0.15) is 4.80 Å². The lowest BCUT2D eigenvalue weighted by atomic mass is 9.77. The largest absolute Gasteiger partial charge is 0.481 e. The number of hydrogen-bond acceptors (Lipinski definition) is 6. The first-order valence-corrected chi connectivity index (χ1v) is 9.45. The van der Waals surface area contributed by atoms with Gasteiger partial charge in [-0.3, -0.25) is 14.4 Å². The molecule has 2 aromatic rings. The number of aliphatic carboxylic acids is 1. The molecule has 0 radical (unpaired) electrons. The number of benzene rings is 1. The van der Waals surface area contributed by atoms with Gasteiger partial charge in [0.05, 0.1) is 18.5 Å². The molecule has 0 bridgehead atoms. The molecule has 4 rings (SSSR count). The van der Waals surface area contributed by atoms with Gasteiger partial charge in [0.25, 0.3) is 5.91 Å². The normalized spacial score (nSPS) is 21.0. The molecule has 1 spiro atoms. The number of aromatic nitrogens is 4. The van der Waals surface area contributed by atoms with Crippen molar-refractivity contribution in [1.82, 2.24) is 30.0 Å². The van der Waals surface area contributed by atoms with Crippen LogP contribution in [0.1, 0.15) is 29.6 Å². The highest BCUT2D eigenvalue weighted by molar-refractivity contribution is 5.95. The van der Waals surface area contributed by atoms with E-state index in [-0.39, 0.29) is 18.2 Å². The number of hydrogen-bond donors (Lipinski definition) is 1. The van der Waals surface area contributed by atoms with Crippen LogP contribution in [0.4, 0.5) is 0 Å². The summed E-state index contributed by atoms with van der Waals surface area (Å²) >= 11 is 0. The van der Waals surface area contributed by atoms with Crippen molar-refractivity contribution >= 4 is 17.8 Å². The lowest BCUT2D eigenvalue weighted by molar-refractivity contribution is -0.145. The maximum absolute atomic E-state index is 12.9. The van der Waals surface area contributed by atoms with E-state index >= 15 is 0 Å². The lowest BCUT2D eigenvalue weighted by Crippen LogP contribution is -2.56. The number of carboxylic acids is 1. The standard InChI is InChI=1S/C19H22N6O4/c1-23-15(26)11-14(18(28)29)19(23)7-9-25(10-8-19)17(27)13-5-3-12(4-6-13)16-20-22-24(2)21-16/h3-6,14H,7-11H2,1-2H3,(H,28,29)/t14-/m0/s1. The summed E-state index contributed by atoms with van der Waals surface area (Å²) in [6.07, 6.45) is 0.941. The lowest BCUT2D eigenvalue weighted by Gasteiger charge is -2.45. The van der Waals surface area contributed by atoms with E-state index in [1.165, 1.54) is 4.80 Å². The van der Waals surface area contributed by atoms with E-state index < -0.39 is 17.4 Å². The zero-order valence-electron chi connectivity index (χ0n) is 16.3. The fraction of sp³-hybridized carbons (Fsp3) is 0.474. The molecule has 1 atom stereocenters. The van der Waals surface area contributed by atoms with Gasteiger partial charge in [0, 0.05) is 37.7 Å². The summed E-state index contributed by atoms with van der Waals surface area (Å²) in [5.41, 5.74) is 0.600. The summed E-state index contributed by atoms with van der Waals surface area (Å²) in [4.78, 5) is 41.4. The van der Waals surface area contributed by atoms with Gasteiger partial charge in [0.1, 0.15) is 0 Å². The predicted molar refractivity (Wildman–Crippen MR) is 101 cm³/mol. The first-order valence-electron chi connectivity index (χ1n) is 9.45. The summed E-state index contributed by atoms with van der Waals surface area (Å²) in [5, 5.41) is 21.5. The second-order valence-corrected chi connectivity index (χ2v) is 7.62. The van der Waals surface area contributed by atoms with Gasteiger partial charge in [-0.25, -0.2) is 0 Å². The topological polar surface area (TPSA) is 122 Å². The zero-order valence-corrected chi connectivity index (χ0v) is 16.3. The predicted octanol–water partition coefficient (Wildman–Crippen LogP) is 0.415. The fourth-order valence-electron chi connectivity index (χ4n) is 4.43. The van der Waals surface area contributed by atoms with E-state index in [9.17, 15) is 19.5 Å². The molecule has 10 nitrogen and oxygen atoms in total. The van der Waals surface area contributed by atoms with Gasteiger partial charge in [0.15, 0.2) is 0 Å². The Hall–Kier alpha value is -3.30. The highest BCUT2D eigenvalue weighted by Crippen LogP contribution is 2.43. The Labute approximate surface area is 167 Å². The van der Waals surface area contributed by atoms with Gasteiger partial charge >= 0.3 is 5.97 Å². The molecule has 0 saturated carbocycles. The second kappa shape index (κ2) is 6.94. The first-order chi connectivity index (χ1) is 13.8. The number of tetrazole rings is 1. The van der Waals surface area contributed by atoms with E-state index in [0.29, 0.717) is 37.3 Å². The van der Waals surface area contributed by atoms with E-state index in [2.05, 4.69) is 15.4 Å². The van der Waals surface area contributed by atoms with Crippen molar-refractivity contribution in [2.24, 2.45) is 13.0 Å². The molecule has 3 heterocycles. The Kier molecular flexibility index (Phi) is 4.56. The van der Waals surface area contributed by atoms with Crippen LogP contribution in [0, 0.1) is 5.92 Å². The molecule has 10 heteroatoms. The van der Waals surface area contributed by atoms with Crippen molar-refractivity contribution in [2.45, 2.75) is 24.8 Å². The molecule has 2 aliphatic rings. The van der Waals surface area contributed by atoms with E-state index in [1.54, 1.807) is 48.2 Å². The summed E-state index contributed by atoms with van der Waals surface area (Å²) in [7, 11) is 3.35. The minimum Gasteiger partial charge on any atom is -0.481 e. The Morgan fingerprint density at radius 3 is 2.34 bits per heavy atom. The fourth-order valence-corrected chi connectivity index (χ4v) is 4.43. The SMILES string of the molecule is CN1C(=O)C[C@@H](C(=O)O)C12CCN(C(=O)c1ccc(-c3nnn(C)n3)cc1)CC2. The molecule has 0 unspecified atom stereocenters. The Morgan fingerprint density at radius 1 is 1.14 bits per heavy atom. The highest BCUT2D eigenvalue weighted by atomic mass is 16.4. The van der Waals surface area contributed by atoms with Crippen LogP contribution in [-0.2, 0) is 16.6 Å². The number of carboxylic acid groups (broad SMARTS) is 1. The molecule has 2 fully saturated rings. The van der Waals surface area contributed by atoms with Gasteiger partial charge in [-0.05, 0) is 30.2 Å². The van der Waals surface area contributed by atoms with Crippen LogP contribution in [0.5, 0.6) is 0 Å². The Bertz CT molecular complexity index is 961. The Morgan fingerprint density at radius 2 is 1.79 bits per heavy atom. The van der Waals surface area contributed by atoms with Crippen LogP contribution >= 0.6 is 0 Å². The number of carbonyl (C=O) groups excluding carboxylic acids is 2. The van der Waals surface area contributed by atoms with Crippen LogP contribution in [0.25, 0.3) is 11.4 Å². The summed E-state index contributed by atoms with van der Waals surface area (Å²) < 4.78 is 0. The van der Waals surface area contributed by atoms with Crippen LogP contribution in [0.3, 0.4) is 0 Å². The molecule has 1 aromatic carbocycles. The molecule has 2 amide bonds. The molecule has 2 aliphatic heterocycles. The van der Waals surface area contributed by atoms with E-state index in [4.69, 9.17) is 0 Å². The quantitative estimate of drug-likeness (QED) is 0.795. The minimum absolute atomic E-state index is 0.0255. The number of carbonyl (C=O) groups is 3. The van der Waals surface area contributed by atoms with E-state index in [0.717, 1.165) is 5.56 Å². The third-order valence-electron chi connectivity index (χ3n) is 6.18. The summed E-state index contributed by atoms with van der Waals surface area (Å²) in [6.45, 7) is 0.821. The molecular formula is C19H22N6O4. The molecule has 2 saturated heterocycles. The zero-order chi connectivity index (χ0) is 20.8. The van der Waals surface area contributed by atoms with Crippen molar-refractivity contribution in [3.63, 3.8) is 0 Å². The molecule has 1 N–H and O–H groups in total. The Balaban J connectivity index is 1.46. The van der Waals surface area contributed by atoms with Crippen LogP contribution in [0.15, 0.2) is 24.3 Å². The average Bonchev–Trinajstić information content (AvgIpc) is 3.26. The molecule has 152 valence electrons. The van der Waals surface area contributed by atoms with Crippen molar-refractivity contribution in [3.8, 4) is 11.4 Å². The minimum atomic E-state index is -0.948. The smallest absolute Gasteiger partial charge is 0.309 e. The summed E-state index contributed by atoms with van der Waals surface area (Å²) in [5.74, 6) is -1.45. The van der Waals surface area contributed by atoms with Crippen molar-refractivity contribution in [3.05, 3.63) is 29.8 Å². The molecular weight excluding hydrogens is 376 g/mol. The first kappa shape index (κ1) is 19.0. The maximum Gasteiger partial charge on any atom is 0.309 e. The average molecular weight is 398 g/mol. The van der Waals surface area contributed by atoms with Gasteiger partial charge < -0.3 is 14.9 Å². The van der Waals surface area contributed by atoms with Crippen LogP contribution < -0.4 is 0 Å². The second-order valence-electron chi connectivity index (χ2n) is 7.62. The van der Waals surface area contributed by atoms with Crippen molar-refractivity contribution in [1.29, 1.82) is 0 Å². The maximum atomic E-state index is 12.9. The van der Waals surface area contributed by atoms with E-state index in [1.807, 2.05) is 0 Å². The number of rotatable bonds is 3. The van der Waals surface area contributed by atoms with Gasteiger partial charge in [-0.15, -0.1) is 10.2 Å². The third-order valence-corrected chi connectivity index (χ3v) is 6.18. The highest BCUT2D eigenvalue weighted by Gasteiger charge is 2.55. The number of likely N-dealkylation sites (tertiary alicyclic amines) is 2. The third kappa shape index (κ3) is 3.14.